The topological polar surface area (TPSA) is 44.5 Å². The third-order valence-electron chi connectivity index (χ3n) is 4.02. The molecule has 0 aliphatic carbocycles. The minimum atomic E-state index is -2.00. The van der Waals surface area contributed by atoms with E-state index in [1.807, 2.05) is 10.8 Å². The second kappa shape index (κ2) is 9.22. The van der Waals surface area contributed by atoms with Crippen LogP contribution in [-0.4, -0.2) is 27.5 Å². The van der Waals surface area contributed by atoms with Crippen molar-refractivity contribution in [3.63, 3.8) is 0 Å². The maximum atomic E-state index is 5.62. The van der Waals surface area contributed by atoms with E-state index in [1.165, 1.54) is 11.0 Å². The molecule has 0 fully saturated rings. The average Bonchev–Trinajstić information content (AvgIpc) is 2.38. The Morgan fingerprint density at radius 1 is 1.11 bits per heavy atom. The van der Waals surface area contributed by atoms with E-state index < -0.39 is 8.56 Å². The van der Waals surface area contributed by atoms with Gasteiger partial charge in [-0.25, -0.2) is 0 Å². The maximum Gasteiger partial charge on any atom is 0.334 e. The highest BCUT2D eigenvalue weighted by molar-refractivity contribution is 9.09. The predicted molar refractivity (Wildman–Crippen MR) is 94.4 cm³/mol. The molecule has 0 radical (unpaired) electrons. The molecule has 3 nitrogen and oxygen atoms in total. The second-order valence-corrected chi connectivity index (χ2v) is 13.1. The fourth-order valence-corrected chi connectivity index (χ4v) is 8.03. The fourth-order valence-electron chi connectivity index (χ4n) is 2.27. The van der Waals surface area contributed by atoms with Crippen LogP contribution in [0.1, 0.15) is 34.1 Å². The van der Waals surface area contributed by atoms with E-state index in [9.17, 15) is 0 Å². The van der Waals surface area contributed by atoms with Gasteiger partial charge in [-0.2, -0.15) is 0 Å². The molecule has 2 N–H and O–H groups in total. The monoisotopic (exact) mass is 343 g/mol. The Kier molecular flexibility index (Phi) is 9.78. The van der Waals surface area contributed by atoms with E-state index >= 15 is 0 Å². The standard InChI is InChI=1S/C12H29NO2S3Si/c1-10(2)12(11(3)4,16-18-17-13)8-9-19(7,14-5)15-6/h10-11H,8-9,13H2,1-7H3. The average molecular weight is 344 g/mol. The number of nitrogens with two attached hydrogens (primary N) is 1. The van der Waals surface area contributed by atoms with Crippen molar-refractivity contribution < 1.29 is 8.85 Å². The highest BCUT2D eigenvalue weighted by Gasteiger charge is 2.41. The second-order valence-electron chi connectivity index (χ2n) is 5.55. The van der Waals surface area contributed by atoms with Crippen LogP contribution in [0.4, 0.5) is 0 Å². The van der Waals surface area contributed by atoms with Crippen molar-refractivity contribution in [3.8, 4) is 0 Å². The summed E-state index contributed by atoms with van der Waals surface area (Å²) in [7, 11) is 6.46. The Hall–Kier alpha value is 1.15. The van der Waals surface area contributed by atoms with Crippen LogP contribution >= 0.6 is 31.6 Å². The molecular weight excluding hydrogens is 314 g/mol. The van der Waals surface area contributed by atoms with Crippen LogP contribution in [0.2, 0.25) is 12.6 Å². The van der Waals surface area contributed by atoms with E-state index in [0.29, 0.717) is 11.8 Å². The smallest absolute Gasteiger partial charge is 0.334 e. The first kappa shape index (κ1) is 20.1. The molecule has 0 aliphatic rings. The Morgan fingerprint density at radius 2 is 1.58 bits per heavy atom. The first-order valence-electron chi connectivity index (χ1n) is 6.59. The maximum absolute atomic E-state index is 5.62. The lowest BCUT2D eigenvalue weighted by Gasteiger charge is -2.41. The van der Waals surface area contributed by atoms with Crippen LogP contribution in [0.5, 0.6) is 0 Å². The molecule has 0 atom stereocenters. The lowest BCUT2D eigenvalue weighted by Crippen LogP contribution is -2.42. The molecule has 0 aromatic rings. The van der Waals surface area contributed by atoms with Crippen molar-refractivity contribution in [2.75, 3.05) is 14.2 Å². The zero-order valence-corrected chi connectivity index (χ0v) is 16.6. The van der Waals surface area contributed by atoms with Gasteiger partial charge in [0.15, 0.2) is 0 Å². The van der Waals surface area contributed by atoms with Crippen molar-refractivity contribution in [1.82, 2.24) is 0 Å². The Bertz CT molecular complexity index is 243. The minimum Gasteiger partial charge on any atom is -0.398 e. The molecule has 0 heterocycles. The lowest BCUT2D eigenvalue weighted by atomic mass is 9.82. The summed E-state index contributed by atoms with van der Waals surface area (Å²) in [5.74, 6) is 1.17. The Balaban J connectivity index is 4.93. The highest BCUT2D eigenvalue weighted by Crippen LogP contribution is 2.52. The van der Waals surface area contributed by atoms with Gasteiger partial charge in [0, 0.05) is 19.0 Å². The summed E-state index contributed by atoms with van der Waals surface area (Å²) in [4.78, 5) is 0. The van der Waals surface area contributed by atoms with Crippen LogP contribution in [0, 0.1) is 11.8 Å². The van der Waals surface area contributed by atoms with E-state index in [-0.39, 0.29) is 4.75 Å². The molecule has 0 aromatic heterocycles. The summed E-state index contributed by atoms with van der Waals surface area (Å²) in [6, 6.07) is 1.01. The van der Waals surface area contributed by atoms with Gasteiger partial charge in [0.25, 0.3) is 0 Å². The number of hydrogen-bond donors (Lipinski definition) is 1. The van der Waals surface area contributed by atoms with Crippen molar-refractivity contribution in [1.29, 1.82) is 0 Å². The summed E-state index contributed by atoms with van der Waals surface area (Å²) in [5, 5.41) is 5.59. The third-order valence-corrected chi connectivity index (χ3v) is 11.2. The summed E-state index contributed by atoms with van der Waals surface area (Å²) in [6.07, 6.45) is 1.10. The van der Waals surface area contributed by atoms with Gasteiger partial charge in [0.05, 0.1) is 0 Å². The molecular formula is C12H29NO2S3Si. The van der Waals surface area contributed by atoms with Crippen LogP contribution in [0.25, 0.3) is 0 Å². The van der Waals surface area contributed by atoms with Gasteiger partial charge < -0.3 is 8.85 Å². The summed E-state index contributed by atoms with van der Waals surface area (Å²) in [6.45, 7) is 11.3. The van der Waals surface area contributed by atoms with Crippen LogP contribution in [0.3, 0.4) is 0 Å². The normalized spacial score (nSPS) is 13.6. The van der Waals surface area contributed by atoms with Crippen LogP contribution in [0.15, 0.2) is 0 Å². The Morgan fingerprint density at radius 3 is 1.89 bits per heavy atom. The molecule has 19 heavy (non-hydrogen) atoms. The van der Waals surface area contributed by atoms with E-state index in [2.05, 4.69) is 34.2 Å². The lowest BCUT2D eigenvalue weighted by molar-refractivity contribution is 0.239. The Labute approximate surface area is 131 Å². The number of hydrogen-bond acceptors (Lipinski definition) is 6. The fraction of sp³-hybridized carbons (Fsp3) is 1.00. The molecule has 0 aromatic carbocycles. The molecule has 116 valence electrons. The largest absolute Gasteiger partial charge is 0.398 e. The predicted octanol–water partition coefficient (Wildman–Crippen LogP) is 4.70. The van der Waals surface area contributed by atoms with E-state index in [4.69, 9.17) is 14.0 Å². The van der Waals surface area contributed by atoms with Gasteiger partial charge in [-0.15, -0.1) is 0 Å². The first-order chi connectivity index (χ1) is 8.78. The van der Waals surface area contributed by atoms with Crippen LogP contribution in [-0.2, 0) is 8.85 Å². The molecule has 0 spiro atoms. The molecule has 0 saturated carbocycles. The zero-order chi connectivity index (χ0) is 15.1. The van der Waals surface area contributed by atoms with E-state index in [0.717, 1.165) is 12.5 Å². The van der Waals surface area contributed by atoms with Gasteiger partial charge >= 0.3 is 8.56 Å². The SMILES string of the molecule is CO[Si](C)(CCC(SSSN)(C(C)C)C(C)C)OC. The van der Waals surface area contributed by atoms with Crippen molar-refractivity contribution in [2.45, 2.75) is 51.5 Å². The summed E-state index contributed by atoms with van der Waals surface area (Å²) >= 11 is 0. The molecule has 0 amide bonds. The van der Waals surface area contributed by atoms with Gasteiger partial charge in [-0.3, -0.25) is 5.14 Å². The van der Waals surface area contributed by atoms with Gasteiger partial charge in [0.1, 0.15) is 0 Å². The highest BCUT2D eigenvalue weighted by atomic mass is 33.5. The quantitative estimate of drug-likeness (QED) is 0.352. The molecule has 0 aliphatic heterocycles. The van der Waals surface area contributed by atoms with Crippen molar-refractivity contribution >= 4 is 40.2 Å². The van der Waals surface area contributed by atoms with Crippen molar-refractivity contribution in [3.05, 3.63) is 0 Å². The van der Waals surface area contributed by atoms with Crippen LogP contribution < -0.4 is 5.14 Å². The summed E-state index contributed by atoms with van der Waals surface area (Å²) < 4.78 is 11.4. The van der Waals surface area contributed by atoms with Gasteiger partial charge in [-0.05, 0) is 51.7 Å². The van der Waals surface area contributed by atoms with Gasteiger partial charge in [-0.1, -0.05) is 38.5 Å². The molecule has 0 unspecified atom stereocenters. The molecule has 0 bridgehead atoms. The minimum absolute atomic E-state index is 0.211. The molecule has 0 rings (SSSR count). The zero-order valence-electron chi connectivity index (χ0n) is 13.2. The van der Waals surface area contributed by atoms with Crippen molar-refractivity contribution in [2.24, 2.45) is 17.0 Å². The molecule has 0 saturated heterocycles. The van der Waals surface area contributed by atoms with E-state index in [1.54, 1.807) is 24.0 Å². The van der Waals surface area contributed by atoms with Gasteiger partial charge in [0.2, 0.25) is 0 Å². The first-order valence-corrected chi connectivity index (χ1v) is 12.7. The molecule has 7 heteroatoms. The third kappa shape index (κ3) is 5.80. The number of rotatable bonds is 10. The summed E-state index contributed by atoms with van der Waals surface area (Å²) in [5.41, 5.74) is 0.